The van der Waals surface area contributed by atoms with Gasteiger partial charge < -0.3 is 10.8 Å². The van der Waals surface area contributed by atoms with Crippen molar-refractivity contribution in [2.24, 2.45) is 5.73 Å². The zero-order valence-electron chi connectivity index (χ0n) is 8.51. The predicted molar refractivity (Wildman–Crippen MR) is 60.7 cm³/mol. The molecule has 0 bridgehead atoms. The minimum absolute atomic E-state index is 0.408. The first-order valence-electron chi connectivity index (χ1n) is 4.58. The van der Waals surface area contributed by atoms with Crippen LogP contribution in [0, 0.1) is 6.92 Å². The molecule has 0 amide bonds. The van der Waals surface area contributed by atoms with Crippen molar-refractivity contribution in [3.63, 3.8) is 0 Å². The second-order valence-corrected chi connectivity index (χ2v) is 4.26. The van der Waals surface area contributed by atoms with Gasteiger partial charge in [-0.25, -0.2) is 0 Å². The zero-order valence-corrected chi connectivity index (χ0v) is 9.33. The number of rotatable bonds is 5. The van der Waals surface area contributed by atoms with Gasteiger partial charge in [-0.15, -0.1) is 0 Å². The number of nitrogens with zero attached hydrogens (tertiary/aromatic N) is 1. The van der Waals surface area contributed by atoms with E-state index in [2.05, 4.69) is 4.98 Å². The van der Waals surface area contributed by atoms with Gasteiger partial charge in [0.15, 0.2) is 0 Å². The summed E-state index contributed by atoms with van der Waals surface area (Å²) in [5.41, 5.74) is 7.48. The topological polar surface area (TPSA) is 76.2 Å². The molecule has 0 fully saturated rings. The Balaban J connectivity index is 2.38. The Labute approximate surface area is 92.9 Å². The maximum Gasteiger partial charge on any atom is 0.321 e. The van der Waals surface area contributed by atoms with Crippen LogP contribution >= 0.6 is 11.8 Å². The molecule has 1 unspecified atom stereocenters. The van der Waals surface area contributed by atoms with Gasteiger partial charge >= 0.3 is 5.97 Å². The molecule has 1 atom stereocenters. The fraction of sp³-hybridized carbons (Fsp3) is 0.400. The number of aryl methyl sites for hydroxylation is 1. The van der Waals surface area contributed by atoms with Gasteiger partial charge in [0.25, 0.3) is 0 Å². The maximum atomic E-state index is 10.5. The Bertz CT molecular complexity index is 344. The molecule has 0 spiro atoms. The number of nitrogens with two attached hydrogens (primary N) is 1. The summed E-state index contributed by atoms with van der Waals surface area (Å²) in [6.07, 6.45) is 1.74. The summed E-state index contributed by atoms with van der Waals surface area (Å²) in [5.74, 6) is 0.152. The second-order valence-electron chi connectivity index (χ2n) is 3.23. The Morgan fingerprint density at radius 2 is 2.47 bits per heavy atom. The average Bonchev–Trinajstić information content (AvgIpc) is 2.20. The first kappa shape index (κ1) is 12.0. The van der Waals surface area contributed by atoms with E-state index >= 15 is 0 Å². The number of aliphatic carboxylic acids is 1. The van der Waals surface area contributed by atoms with Gasteiger partial charge in [-0.1, -0.05) is 6.07 Å². The molecule has 3 N–H and O–H groups in total. The highest BCUT2D eigenvalue weighted by Gasteiger charge is 2.11. The van der Waals surface area contributed by atoms with E-state index in [1.807, 2.05) is 19.1 Å². The molecule has 1 rings (SSSR count). The lowest BCUT2D eigenvalue weighted by Crippen LogP contribution is -2.32. The molecule has 1 heterocycles. The second kappa shape index (κ2) is 5.72. The number of carboxylic acids is 1. The van der Waals surface area contributed by atoms with E-state index in [1.54, 1.807) is 6.20 Å². The zero-order chi connectivity index (χ0) is 11.3. The van der Waals surface area contributed by atoms with Crippen LogP contribution in [0.5, 0.6) is 0 Å². The fourth-order valence-electron chi connectivity index (χ4n) is 1.02. The summed E-state index contributed by atoms with van der Waals surface area (Å²) in [7, 11) is 0. The molecular formula is C10H14N2O2S. The molecule has 0 aliphatic heterocycles. The number of hydrogen-bond donors (Lipinski definition) is 2. The van der Waals surface area contributed by atoms with Crippen LogP contribution in [0.4, 0.5) is 0 Å². The van der Waals surface area contributed by atoms with Gasteiger partial charge in [-0.3, -0.25) is 9.78 Å². The highest BCUT2D eigenvalue weighted by atomic mass is 32.2. The molecule has 82 valence electrons. The van der Waals surface area contributed by atoms with Crippen molar-refractivity contribution in [3.8, 4) is 0 Å². The van der Waals surface area contributed by atoms with Crippen LogP contribution in [0.15, 0.2) is 18.3 Å². The molecule has 0 saturated carbocycles. The van der Waals surface area contributed by atoms with E-state index in [0.717, 1.165) is 11.3 Å². The number of thioether (sulfide) groups is 1. The Morgan fingerprint density at radius 1 is 1.73 bits per heavy atom. The quantitative estimate of drug-likeness (QED) is 0.784. The number of aromatic nitrogens is 1. The standard InChI is InChI=1S/C10H14N2O2S/c1-7-3-2-4-12-9(7)6-15-5-8(11)10(13)14/h2-4,8H,5-6,11H2,1H3,(H,13,14). The molecule has 0 radical (unpaired) electrons. The third kappa shape index (κ3) is 3.89. The fourth-order valence-corrected chi connectivity index (χ4v) is 2.03. The van der Waals surface area contributed by atoms with Crippen molar-refractivity contribution in [3.05, 3.63) is 29.6 Å². The molecule has 0 aromatic carbocycles. The van der Waals surface area contributed by atoms with Crippen LogP contribution in [0.25, 0.3) is 0 Å². The Kier molecular flexibility index (Phi) is 4.58. The number of carbonyl (C=O) groups is 1. The van der Waals surface area contributed by atoms with Gasteiger partial charge in [0.05, 0.1) is 5.69 Å². The monoisotopic (exact) mass is 226 g/mol. The lowest BCUT2D eigenvalue weighted by molar-refractivity contribution is -0.137. The normalized spacial score (nSPS) is 12.4. The number of hydrogen-bond acceptors (Lipinski definition) is 4. The van der Waals surface area contributed by atoms with Crippen molar-refractivity contribution < 1.29 is 9.90 Å². The van der Waals surface area contributed by atoms with Crippen molar-refractivity contribution in [2.45, 2.75) is 18.7 Å². The van der Waals surface area contributed by atoms with Gasteiger partial charge in [-0.05, 0) is 18.6 Å². The lowest BCUT2D eigenvalue weighted by Gasteiger charge is -2.06. The molecule has 1 aromatic rings. The predicted octanol–water partition coefficient (Wildman–Crippen LogP) is 1.04. The van der Waals surface area contributed by atoms with E-state index in [0.29, 0.717) is 11.5 Å². The summed E-state index contributed by atoms with van der Waals surface area (Å²) >= 11 is 1.49. The molecule has 0 aliphatic carbocycles. The number of carboxylic acid groups (broad SMARTS) is 1. The minimum atomic E-state index is -0.958. The van der Waals surface area contributed by atoms with Crippen LogP contribution in [0.3, 0.4) is 0 Å². The summed E-state index contributed by atoms with van der Waals surface area (Å²) in [6.45, 7) is 1.99. The molecule has 4 nitrogen and oxygen atoms in total. The third-order valence-electron chi connectivity index (χ3n) is 1.97. The summed E-state index contributed by atoms with van der Waals surface area (Å²) in [4.78, 5) is 14.7. The van der Waals surface area contributed by atoms with Gasteiger partial charge in [0, 0.05) is 17.7 Å². The van der Waals surface area contributed by atoms with E-state index in [4.69, 9.17) is 10.8 Å². The average molecular weight is 226 g/mol. The van der Waals surface area contributed by atoms with Crippen molar-refractivity contribution in [1.29, 1.82) is 0 Å². The van der Waals surface area contributed by atoms with E-state index in [1.165, 1.54) is 11.8 Å². The smallest absolute Gasteiger partial charge is 0.321 e. The first-order valence-corrected chi connectivity index (χ1v) is 5.73. The summed E-state index contributed by atoms with van der Waals surface area (Å²) in [5, 5.41) is 8.58. The Morgan fingerprint density at radius 3 is 3.07 bits per heavy atom. The highest BCUT2D eigenvalue weighted by molar-refractivity contribution is 7.98. The van der Waals surface area contributed by atoms with Gasteiger partial charge in [0.2, 0.25) is 0 Å². The lowest BCUT2D eigenvalue weighted by atomic mass is 10.2. The Hall–Kier alpha value is -1.07. The number of pyridine rings is 1. The highest BCUT2D eigenvalue weighted by Crippen LogP contribution is 2.13. The van der Waals surface area contributed by atoms with E-state index in [-0.39, 0.29) is 0 Å². The summed E-state index contributed by atoms with van der Waals surface area (Å²) < 4.78 is 0. The van der Waals surface area contributed by atoms with Crippen LogP contribution in [0.2, 0.25) is 0 Å². The molecule has 0 saturated heterocycles. The van der Waals surface area contributed by atoms with Gasteiger partial charge in [-0.2, -0.15) is 11.8 Å². The van der Waals surface area contributed by atoms with Crippen molar-refractivity contribution in [2.75, 3.05) is 5.75 Å². The SMILES string of the molecule is Cc1cccnc1CSCC(N)C(=O)O. The molecule has 15 heavy (non-hydrogen) atoms. The van der Waals surface area contributed by atoms with Crippen LogP contribution < -0.4 is 5.73 Å². The molecule has 1 aromatic heterocycles. The first-order chi connectivity index (χ1) is 7.11. The molecule has 5 heteroatoms. The van der Waals surface area contributed by atoms with Crippen LogP contribution in [-0.4, -0.2) is 27.9 Å². The van der Waals surface area contributed by atoms with E-state index in [9.17, 15) is 4.79 Å². The van der Waals surface area contributed by atoms with Crippen LogP contribution in [-0.2, 0) is 10.5 Å². The van der Waals surface area contributed by atoms with E-state index < -0.39 is 12.0 Å². The van der Waals surface area contributed by atoms with Crippen LogP contribution in [0.1, 0.15) is 11.3 Å². The minimum Gasteiger partial charge on any atom is -0.480 e. The molecule has 0 aliphatic rings. The van der Waals surface area contributed by atoms with Gasteiger partial charge in [0.1, 0.15) is 6.04 Å². The summed E-state index contributed by atoms with van der Waals surface area (Å²) in [6, 6.07) is 3.07. The molecular weight excluding hydrogens is 212 g/mol. The third-order valence-corrected chi connectivity index (χ3v) is 3.04. The van der Waals surface area contributed by atoms with Crippen molar-refractivity contribution in [1.82, 2.24) is 4.98 Å². The van der Waals surface area contributed by atoms with Crippen molar-refractivity contribution >= 4 is 17.7 Å². The maximum absolute atomic E-state index is 10.5. The largest absolute Gasteiger partial charge is 0.480 e.